The van der Waals surface area contributed by atoms with Crippen molar-refractivity contribution in [2.75, 3.05) is 25.1 Å². The molecule has 0 aliphatic heterocycles. The second-order valence-electron chi connectivity index (χ2n) is 7.97. The molecule has 0 saturated carbocycles. The van der Waals surface area contributed by atoms with Crippen LogP contribution < -0.4 is 14.8 Å². The topological polar surface area (TPSA) is 30.5 Å². The first-order valence-electron chi connectivity index (χ1n) is 10.7. The molecular formula is C25H37NO2. The first-order valence-corrected chi connectivity index (χ1v) is 10.7. The van der Waals surface area contributed by atoms with Gasteiger partial charge < -0.3 is 14.8 Å². The van der Waals surface area contributed by atoms with Gasteiger partial charge in [0.15, 0.2) is 0 Å². The van der Waals surface area contributed by atoms with Crippen molar-refractivity contribution in [1.29, 1.82) is 0 Å². The van der Waals surface area contributed by atoms with Crippen molar-refractivity contribution < 1.29 is 9.47 Å². The molecule has 0 amide bonds. The Bertz CT molecular complexity index is 679. The highest BCUT2D eigenvalue weighted by molar-refractivity contribution is 5.48. The zero-order valence-corrected chi connectivity index (χ0v) is 18.1. The van der Waals surface area contributed by atoms with Gasteiger partial charge in [-0.05, 0) is 48.1 Å². The fraction of sp³-hybridized carbons (Fsp3) is 0.520. The van der Waals surface area contributed by atoms with Crippen LogP contribution in [-0.2, 0) is 5.41 Å². The number of unbranched alkanes of at least 4 members (excludes halogenated alkanes) is 3. The van der Waals surface area contributed by atoms with E-state index in [9.17, 15) is 0 Å². The lowest BCUT2D eigenvalue weighted by Gasteiger charge is -2.23. The summed E-state index contributed by atoms with van der Waals surface area (Å²) in [5, 5.41) is 3.41. The molecule has 0 bridgehead atoms. The summed E-state index contributed by atoms with van der Waals surface area (Å²) in [6.45, 7) is 11.2. The number of nitrogens with one attached hydrogen (secondary N) is 1. The minimum Gasteiger partial charge on any atom is -0.494 e. The van der Waals surface area contributed by atoms with E-state index in [0.717, 1.165) is 43.2 Å². The lowest BCUT2D eigenvalue weighted by molar-refractivity contribution is 0.305. The first-order chi connectivity index (χ1) is 13.5. The molecule has 1 N–H and O–H groups in total. The van der Waals surface area contributed by atoms with Crippen LogP contribution in [0.15, 0.2) is 48.5 Å². The largest absolute Gasteiger partial charge is 0.494 e. The molecule has 0 unspecified atom stereocenters. The van der Waals surface area contributed by atoms with Crippen molar-refractivity contribution in [3.05, 3.63) is 54.1 Å². The van der Waals surface area contributed by atoms with Crippen LogP contribution >= 0.6 is 0 Å². The standard InChI is InChI=1S/C25H37NO2/c1-5-7-8-9-18-27-24-12-10-11-22(20-24)26-17-19-28-23-15-13-21(14-16-23)25(3,4)6-2/h10-16,20,26H,5-9,17-19H2,1-4H3. The van der Waals surface area contributed by atoms with E-state index < -0.39 is 0 Å². The van der Waals surface area contributed by atoms with Crippen molar-refractivity contribution >= 4 is 5.69 Å². The highest BCUT2D eigenvalue weighted by atomic mass is 16.5. The third-order valence-corrected chi connectivity index (χ3v) is 5.32. The van der Waals surface area contributed by atoms with Gasteiger partial charge in [-0.1, -0.05) is 65.2 Å². The van der Waals surface area contributed by atoms with Gasteiger partial charge in [-0.25, -0.2) is 0 Å². The van der Waals surface area contributed by atoms with Crippen LogP contribution in [0.1, 0.15) is 65.4 Å². The molecule has 0 heterocycles. The molecule has 0 spiro atoms. The van der Waals surface area contributed by atoms with Gasteiger partial charge in [0.25, 0.3) is 0 Å². The normalized spacial score (nSPS) is 11.3. The van der Waals surface area contributed by atoms with E-state index in [1.54, 1.807) is 0 Å². The quantitative estimate of drug-likeness (QED) is 0.385. The minimum atomic E-state index is 0.211. The van der Waals surface area contributed by atoms with Gasteiger partial charge in [0.05, 0.1) is 6.61 Å². The molecular weight excluding hydrogens is 346 g/mol. The van der Waals surface area contributed by atoms with E-state index in [1.807, 2.05) is 12.1 Å². The average molecular weight is 384 g/mol. The molecule has 0 aromatic heterocycles. The number of ether oxygens (including phenoxy) is 2. The summed E-state index contributed by atoms with van der Waals surface area (Å²) in [7, 11) is 0. The van der Waals surface area contributed by atoms with Crippen LogP contribution in [-0.4, -0.2) is 19.8 Å². The SMILES string of the molecule is CCCCCCOc1cccc(NCCOc2ccc(C(C)(C)CC)cc2)c1. The van der Waals surface area contributed by atoms with E-state index in [2.05, 4.69) is 69.4 Å². The monoisotopic (exact) mass is 383 g/mol. The van der Waals surface area contributed by atoms with Gasteiger partial charge in [-0.15, -0.1) is 0 Å². The van der Waals surface area contributed by atoms with Crippen LogP contribution in [0.4, 0.5) is 5.69 Å². The number of rotatable bonds is 13. The summed E-state index contributed by atoms with van der Waals surface area (Å²) >= 11 is 0. The first kappa shape index (κ1) is 22.1. The highest BCUT2D eigenvalue weighted by Crippen LogP contribution is 2.28. The highest BCUT2D eigenvalue weighted by Gasteiger charge is 2.17. The Kier molecular flexibility index (Phi) is 9.19. The third-order valence-electron chi connectivity index (χ3n) is 5.32. The van der Waals surface area contributed by atoms with Crippen molar-refractivity contribution in [2.24, 2.45) is 0 Å². The molecule has 0 aliphatic carbocycles. The van der Waals surface area contributed by atoms with Gasteiger partial charge in [0.1, 0.15) is 18.1 Å². The fourth-order valence-corrected chi connectivity index (χ4v) is 2.99. The maximum Gasteiger partial charge on any atom is 0.121 e. The van der Waals surface area contributed by atoms with Crippen molar-refractivity contribution in [1.82, 2.24) is 0 Å². The van der Waals surface area contributed by atoms with Crippen molar-refractivity contribution in [2.45, 2.75) is 65.2 Å². The molecule has 0 fully saturated rings. The van der Waals surface area contributed by atoms with Crippen LogP contribution in [0.2, 0.25) is 0 Å². The maximum absolute atomic E-state index is 5.87. The van der Waals surface area contributed by atoms with Crippen LogP contribution in [0.3, 0.4) is 0 Å². The molecule has 2 aromatic rings. The van der Waals surface area contributed by atoms with Gasteiger partial charge >= 0.3 is 0 Å². The minimum absolute atomic E-state index is 0.211. The number of benzene rings is 2. The van der Waals surface area contributed by atoms with E-state index in [-0.39, 0.29) is 5.41 Å². The molecule has 0 radical (unpaired) electrons. The number of anilines is 1. The molecule has 3 heteroatoms. The molecule has 154 valence electrons. The lowest BCUT2D eigenvalue weighted by Crippen LogP contribution is -2.15. The van der Waals surface area contributed by atoms with Crippen LogP contribution in [0.5, 0.6) is 11.5 Å². The lowest BCUT2D eigenvalue weighted by atomic mass is 9.82. The Labute approximate surface area is 171 Å². The van der Waals surface area contributed by atoms with E-state index in [4.69, 9.17) is 9.47 Å². The summed E-state index contributed by atoms with van der Waals surface area (Å²) in [6.07, 6.45) is 6.02. The van der Waals surface area contributed by atoms with Crippen LogP contribution in [0.25, 0.3) is 0 Å². The van der Waals surface area contributed by atoms with Gasteiger partial charge in [0.2, 0.25) is 0 Å². The van der Waals surface area contributed by atoms with Gasteiger partial charge in [-0.2, -0.15) is 0 Å². The summed E-state index contributed by atoms with van der Waals surface area (Å²) in [6, 6.07) is 16.6. The molecule has 0 saturated heterocycles. The number of hydrogen-bond acceptors (Lipinski definition) is 3. The Balaban J connectivity index is 1.71. The summed E-state index contributed by atoms with van der Waals surface area (Å²) < 4.78 is 11.7. The third kappa shape index (κ3) is 7.46. The fourth-order valence-electron chi connectivity index (χ4n) is 2.99. The van der Waals surface area contributed by atoms with E-state index in [0.29, 0.717) is 6.61 Å². The number of hydrogen-bond donors (Lipinski definition) is 1. The molecule has 0 aliphatic rings. The predicted octanol–water partition coefficient (Wildman–Crippen LogP) is 6.82. The summed E-state index contributed by atoms with van der Waals surface area (Å²) in [5.41, 5.74) is 2.63. The van der Waals surface area contributed by atoms with E-state index >= 15 is 0 Å². The van der Waals surface area contributed by atoms with E-state index in [1.165, 1.54) is 24.8 Å². The molecule has 2 aromatic carbocycles. The van der Waals surface area contributed by atoms with Gasteiger partial charge in [0, 0.05) is 18.3 Å². The molecule has 3 nitrogen and oxygen atoms in total. The molecule has 0 atom stereocenters. The van der Waals surface area contributed by atoms with Gasteiger partial charge in [-0.3, -0.25) is 0 Å². The average Bonchev–Trinajstić information content (AvgIpc) is 2.72. The summed E-state index contributed by atoms with van der Waals surface area (Å²) in [5.74, 6) is 1.85. The zero-order valence-electron chi connectivity index (χ0n) is 18.1. The maximum atomic E-state index is 5.87. The Morgan fingerprint density at radius 3 is 2.29 bits per heavy atom. The Hall–Kier alpha value is -2.16. The molecule has 2 rings (SSSR count). The van der Waals surface area contributed by atoms with Crippen molar-refractivity contribution in [3.63, 3.8) is 0 Å². The van der Waals surface area contributed by atoms with Crippen molar-refractivity contribution in [3.8, 4) is 11.5 Å². The van der Waals surface area contributed by atoms with Crippen LogP contribution in [0, 0.1) is 0 Å². The smallest absolute Gasteiger partial charge is 0.121 e. The Morgan fingerprint density at radius 2 is 1.57 bits per heavy atom. The Morgan fingerprint density at radius 1 is 0.821 bits per heavy atom. The second kappa shape index (κ2) is 11.6. The molecule has 28 heavy (non-hydrogen) atoms. The zero-order chi connectivity index (χ0) is 20.2. The second-order valence-corrected chi connectivity index (χ2v) is 7.97. The predicted molar refractivity (Wildman–Crippen MR) is 120 cm³/mol. The summed E-state index contributed by atoms with van der Waals surface area (Å²) in [4.78, 5) is 0.